The van der Waals surface area contributed by atoms with Gasteiger partial charge in [0, 0.05) is 11.8 Å². The zero-order chi connectivity index (χ0) is 17.1. The van der Waals surface area contributed by atoms with Crippen molar-refractivity contribution in [3.63, 3.8) is 0 Å². The van der Waals surface area contributed by atoms with E-state index in [1.54, 1.807) is 0 Å². The lowest BCUT2D eigenvalue weighted by Crippen LogP contribution is -2.55. The Labute approximate surface area is 139 Å². The summed E-state index contributed by atoms with van der Waals surface area (Å²) >= 11 is 0. The lowest BCUT2D eigenvalue weighted by atomic mass is 9.66. The molecule has 0 radical (unpaired) electrons. The van der Waals surface area contributed by atoms with E-state index in [9.17, 15) is 14.9 Å². The molecule has 5 aliphatic rings. The van der Waals surface area contributed by atoms with E-state index in [4.69, 9.17) is 18.9 Å². The molecule has 7 atom stereocenters. The summed E-state index contributed by atoms with van der Waals surface area (Å²) in [5, 5.41) is 9.70. The van der Waals surface area contributed by atoms with Crippen molar-refractivity contribution in [3.05, 3.63) is 0 Å². The normalized spacial score (nSPS) is 55.0. The largest absolute Gasteiger partial charge is 0.446 e. The number of rotatable bonds is 2. The van der Waals surface area contributed by atoms with Gasteiger partial charge in [-0.2, -0.15) is 5.26 Å². The van der Waals surface area contributed by atoms with Gasteiger partial charge in [-0.25, -0.2) is 4.79 Å². The molecule has 0 amide bonds. The van der Waals surface area contributed by atoms with Crippen LogP contribution in [-0.2, 0) is 28.5 Å². The molecule has 1 aliphatic carbocycles. The molecule has 0 unspecified atom stereocenters. The quantitative estimate of drug-likeness (QED) is 0.546. The number of hydrogen-bond donors (Lipinski definition) is 0. The predicted octanol–water partition coefficient (Wildman–Crippen LogP) is 0.852. The molecule has 4 saturated heterocycles. The number of epoxide rings is 1. The standard InChI is InChI=1S/C17H19NO6/c1-14(2)15(3)4-5-17(14,24-12(15)19)13(20)23-16(7-18)6-8-9-10(22-9)11(16)21-8/h8-11H,4-6H2,1-3H3/t8-,9-,10-,11-,15+,16+,17-/m1/s1. The first-order chi connectivity index (χ1) is 11.2. The summed E-state index contributed by atoms with van der Waals surface area (Å²) in [7, 11) is 0. The van der Waals surface area contributed by atoms with E-state index < -0.39 is 34.1 Å². The third-order valence-corrected chi connectivity index (χ3v) is 7.39. The molecule has 7 heteroatoms. The first kappa shape index (κ1) is 14.7. The maximum absolute atomic E-state index is 13.1. The second kappa shape index (κ2) is 3.78. The minimum Gasteiger partial charge on any atom is -0.446 e. The van der Waals surface area contributed by atoms with Crippen LogP contribution in [0.15, 0.2) is 0 Å². The number of ether oxygens (including phenoxy) is 4. The molecule has 0 aromatic carbocycles. The Morgan fingerprint density at radius 2 is 2.00 bits per heavy atom. The zero-order valence-corrected chi connectivity index (χ0v) is 13.8. The van der Waals surface area contributed by atoms with E-state index in [0.29, 0.717) is 19.3 Å². The second-order valence-electron chi connectivity index (χ2n) is 8.43. The Balaban J connectivity index is 1.48. The number of carbonyl (C=O) groups is 2. The van der Waals surface area contributed by atoms with Crippen LogP contribution in [0, 0.1) is 22.2 Å². The fourth-order valence-corrected chi connectivity index (χ4v) is 5.16. The maximum Gasteiger partial charge on any atom is 0.352 e. The summed E-state index contributed by atoms with van der Waals surface area (Å²) in [6.45, 7) is 5.56. The number of nitrogens with zero attached hydrogens (tertiary/aromatic N) is 1. The van der Waals surface area contributed by atoms with Gasteiger partial charge < -0.3 is 18.9 Å². The second-order valence-corrected chi connectivity index (χ2v) is 8.43. The Morgan fingerprint density at radius 3 is 2.50 bits per heavy atom. The summed E-state index contributed by atoms with van der Waals surface area (Å²) < 4.78 is 22.5. The van der Waals surface area contributed by atoms with Gasteiger partial charge in [-0.05, 0) is 19.8 Å². The molecule has 24 heavy (non-hydrogen) atoms. The van der Waals surface area contributed by atoms with Gasteiger partial charge in [0.05, 0.1) is 11.5 Å². The van der Waals surface area contributed by atoms with Crippen LogP contribution in [-0.4, -0.2) is 47.6 Å². The van der Waals surface area contributed by atoms with Crippen molar-refractivity contribution < 1.29 is 28.5 Å². The van der Waals surface area contributed by atoms with Gasteiger partial charge in [-0.1, -0.05) is 13.8 Å². The molecule has 1 saturated carbocycles. The third-order valence-electron chi connectivity index (χ3n) is 7.39. The van der Waals surface area contributed by atoms with Crippen LogP contribution in [0.4, 0.5) is 0 Å². The molecule has 7 nitrogen and oxygen atoms in total. The van der Waals surface area contributed by atoms with Crippen molar-refractivity contribution in [3.8, 4) is 6.07 Å². The van der Waals surface area contributed by atoms with Gasteiger partial charge in [-0.3, -0.25) is 4.79 Å². The van der Waals surface area contributed by atoms with Crippen molar-refractivity contribution in [2.75, 3.05) is 0 Å². The van der Waals surface area contributed by atoms with Gasteiger partial charge in [-0.15, -0.1) is 0 Å². The fraction of sp³-hybridized carbons (Fsp3) is 0.824. The molecule has 0 spiro atoms. The van der Waals surface area contributed by atoms with Crippen LogP contribution < -0.4 is 0 Å². The first-order valence-electron chi connectivity index (χ1n) is 8.40. The minimum absolute atomic E-state index is 0.0314. The molecule has 0 aromatic rings. The van der Waals surface area contributed by atoms with Crippen LogP contribution >= 0.6 is 0 Å². The number of fused-ring (bicyclic) bond motifs is 7. The summed E-state index contributed by atoms with van der Waals surface area (Å²) in [6, 6.07) is 2.13. The molecule has 4 aliphatic heterocycles. The van der Waals surface area contributed by atoms with Crippen LogP contribution in [0.25, 0.3) is 0 Å². The highest BCUT2D eigenvalue weighted by atomic mass is 16.7. The van der Waals surface area contributed by atoms with Gasteiger partial charge in [0.15, 0.2) is 0 Å². The van der Waals surface area contributed by atoms with E-state index in [1.807, 2.05) is 20.8 Å². The topological polar surface area (TPSA) is 98.2 Å². The van der Waals surface area contributed by atoms with E-state index in [2.05, 4.69) is 6.07 Å². The number of esters is 2. The van der Waals surface area contributed by atoms with E-state index in [-0.39, 0.29) is 24.3 Å². The smallest absolute Gasteiger partial charge is 0.352 e. The highest BCUT2D eigenvalue weighted by molar-refractivity contribution is 5.94. The lowest BCUT2D eigenvalue weighted by Gasteiger charge is -2.37. The van der Waals surface area contributed by atoms with Crippen molar-refractivity contribution in [2.45, 2.75) is 75.7 Å². The van der Waals surface area contributed by atoms with E-state index >= 15 is 0 Å². The summed E-state index contributed by atoms with van der Waals surface area (Å²) in [6.07, 6.45) is 0.418. The Bertz CT molecular complexity index is 727. The van der Waals surface area contributed by atoms with Crippen molar-refractivity contribution in [1.82, 2.24) is 0 Å². The lowest BCUT2D eigenvalue weighted by molar-refractivity contribution is -0.194. The number of nitriles is 1. The minimum atomic E-state index is -1.35. The average molecular weight is 333 g/mol. The Kier molecular flexibility index (Phi) is 2.31. The van der Waals surface area contributed by atoms with Crippen molar-refractivity contribution >= 4 is 11.9 Å². The third kappa shape index (κ3) is 1.27. The summed E-state index contributed by atoms with van der Waals surface area (Å²) in [5.74, 6) is -0.992. The van der Waals surface area contributed by atoms with Crippen LogP contribution in [0.1, 0.15) is 40.0 Å². The fourth-order valence-electron chi connectivity index (χ4n) is 5.16. The first-order valence-corrected chi connectivity index (χ1v) is 8.40. The number of hydrogen-bond acceptors (Lipinski definition) is 7. The van der Waals surface area contributed by atoms with Crippen LogP contribution in [0.2, 0.25) is 0 Å². The number of carbonyl (C=O) groups excluding carboxylic acids is 2. The van der Waals surface area contributed by atoms with Crippen molar-refractivity contribution in [2.24, 2.45) is 10.8 Å². The monoisotopic (exact) mass is 333 g/mol. The molecule has 0 aromatic heterocycles. The molecule has 4 heterocycles. The highest BCUT2D eigenvalue weighted by Crippen LogP contribution is 2.66. The Morgan fingerprint density at radius 1 is 1.25 bits per heavy atom. The zero-order valence-electron chi connectivity index (χ0n) is 13.8. The van der Waals surface area contributed by atoms with Crippen molar-refractivity contribution in [1.29, 1.82) is 5.26 Å². The summed E-state index contributed by atoms with van der Waals surface area (Å²) in [4.78, 5) is 25.4. The predicted molar refractivity (Wildman–Crippen MR) is 76.3 cm³/mol. The van der Waals surface area contributed by atoms with E-state index in [1.165, 1.54) is 0 Å². The molecule has 4 bridgehead atoms. The molecular formula is C17H19NO6. The molecule has 128 valence electrons. The van der Waals surface area contributed by atoms with Gasteiger partial charge in [0.2, 0.25) is 11.2 Å². The molecular weight excluding hydrogens is 314 g/mol. The average Bonchev–Trinajstić information content (AvgIpc) is 3.06. The molecule has 5 rings (SSSR count). The highest BCUT2D eigenvalue weighted by Gasteiger charge is 2.78. The Hall–Kier alpha value is -1.65. The maximum atomic E-state index is 13.1. The van der Waals surface area contributed by atoms with Gasteiger partial charge >= 0.3 is 11.9 Å². The summed E-state index contributed by atoms with van der Waals surface area (Å²) in [5.41, 5.74) is -4.07. The molecule has 5 fully saturated rings. The van der Waals surface area contributed by atoms with Crippen LogP contribution in [0.5, 0.6) is 0 Å². The molecule has 0 N–H and O–H groups in total. The van der Waals surface area contributed by atoms with Crippen LogP contribution in [0.3, 0.4) is 0 Å². The van der Waals surface area contributed by atoms with Gasteiger partial charge in [0.1, 0.15) is 24.4 Å². The van der Waals surface area contributed by atoms with Gasteiger partial charge in [0.25, 0.3) is 0 Å². The van der Waals surface area contributed by atoms with E-state index in [0.717, 1.165) is 0 Å². The SMILES string of the molecule is CC1(C)[C@@]2(C)CC[C@]1(C(=O)O[C@]1(C#N)C[C@H]3O[C@@H]1[C@@H]1O[C@@H]13)OC2=O.